The Hall–Kier alpha value is -2.23. The minimum absolute atomic E-state index is 0.00579. The van der Waals surface area contributed by atoms with Crippen molar-refractivity contribution < 1.29 is 23.4 Å². The third-order valence-corrected chi connectivity index (χ3v) is 8.39. The third kappa shape index (κ3) is 4.89. The van der Waals surface area contributed by atoms with Gasteiger partial charge in [0.05, 0.1) is 5.25 Å². The summed E-state index contributed by atoms with van der Waals surface area (Å²) in [5.74, 6) is -1.17. The molecule has 3 fully saturated rings. The number of hydrogen-bond donors (Lipinski definition) is 3. The van der Waals surface area contributed by atoms with Crippen molar-refractivity contribution in [3.05, 3.63) is 12.2 Å². The van der Waals surface area contributed by atoms with Crippen molar-refractivity contribution in [2.75, 3.05) is 6.54 Å². The number of rotatable bonds is 5. The molecule has 2 aliphatic heterocycles. The standard InChI is InChI=1S/C22H32N4O5S/c27-14-23-17-8-5-3-1-2-4-7-15-13-22(15,21(30)25-32(31)16-10-11-16)24-19(28)18-9-6-12-26(18)20(17)29/h4,7,14-18H,1-3,5-6,8-13H2,(H,23,27)(H,24,28)(H,25,30)/b7-4-/t15-,17+,18+,22-,32?/m1/s1. The van der Waals surface area contributed by atoms with Gasteiger partial charge in [-0.1, -0.05) is 25.0 Å². The molecular formula is C22H32N4O5S. The van der Waals surface area contributed by atoms with Crippen LogP contribution in [0.5, 0.6) is 0 Å². The number of hydrogen-bond acceptors (Lipinski definition) is 5. The molecule has 3 N–H and O–H groups in total. The van der Waals surface area contributed by atoms with Gasteiger partial charge in [0.2, 0.25) is 18.2 Å². The van der Waals surface area contributed by atoms with Crippen LogP contribution in [0.4, 0.5) is 0 Å². The molecule has 0 spiro atoms. The Balaban J connectivity index is 1.54. The first-order chi connectivity index (χ1) is 15.5. The van der Waals surface area contributed by atoms with Gasteiger partial charge in [-0.15, -0.1) is 0 Å². The highest BCUT2D eigenvalue weighted by atomic mass is 32.2. The number of fused-ring (bicyclic) bond motifs is 2. The highest BCUT2D eigenvalue weighted by Gasteiger charge is 2.61. The zero-order chi connectivity index (χ0) is 22.7. The zero-order valence-corrected chi connectivity index (χ0v) is 19.0. The Labute approximate surface area is 190 Å². The average Bonchev–Trinajstić information content (AvgIpc) is 3.68. The summed E-state index contributed by atoms with van der Waals surface area (Å²) in [4.78, 5) is 52.0. The van der Waals surface area contributed by atoms with E-state index in [-0.39, 0.29) is 23.0 Å². The summed E-state index contributed by atoms with van der Waals surface area (Å²) in [6.45, 7) is 0.447. The number of nitrogens with one attached hydrogen (secondary N) is 3. The predicted octanol–water partition coefficient (Wildman–Crippen LogP) is 0.430. The van der Waals surface area contributed by atoms with Crippen molar-refractivity contribution in [3.8, 4) is 0 Å². The first kappa shape index (κ1) is 22.9. The van der Waals surface area contributed by atoms with Crippen molar-refractivity contribution >= 4 is 35.1 Å². The molecule has 2 aliphatic carbocycles. The van der Waals surface area contributed by atoms with E-state index in [4.69, 9.17) is 0 Å². The monoisotopic (exact) mass is 464 g/mol. The maximum Gasteiger partial charge on any atom is 0.258 e. The number of carbonyl (C=O) groups excluding carboxylic acids is 4. The van der Waals surface area contributed by atoms with Gasteiger partial charge < -0.3 is 15.5 Å². The summed E-state index contributed by atoms with van der Waals surface area (Å²) >= 11 is 0. The maximum absolute atomic E-state index is 13.2. The molecule has 1 unspecified atom stereocenters. The van der Waals surface area contributed by atoms with E-state index in [2.05, 4.69) is 15.4 Å². The summed E-state index contributed by atoms with van der Waals surface area (Å²) in [6, 6.07) is -1.32. The molecule has 0 aromatic carbocycles. The predicted molar refractivity (Wildman–Crippen MR) is 118 cm³/mol. The number of amides is 4. The summed E-state index contributed by atoms with van der Waals surface area (Å²) < 4.78 is 14.9. The van der Waals surface area contributed by atoms with Crippen molar-refractivity contribution in [1.82, 2.24) is 20.3 Å². The topological polar surface area (TPSA) is 125 Å². The minimum atomic E-state index is -1.43. The van der Waals surface area contributed by atoms with Crippen LogP contribution in [0.15, 0.2) is 12.2 Å². The zero-order valence-electron chi connectivity index (χ0n) is 18.2. The van der Waals surface area contributed by atoms with Crippen LogP contribution in [0, 0.1) is 5.92 Å². The molecule has 2 heterocycles. The lowest BCUT2D eigenvalue weighted by Crippen LogP contribution is -2.57. The summed E-state index contributed by atoms with van der Waals surface area (Å²) in [5, 5.41) is 5.54. The average molecular weight is 465 g/mol. The molecule has 1 saturated heterocycles. The lowest BCUT2D eigenvalue weighted by molar-refractivity contribution is -0.141. The largest absolute Gasteiger partial charge is 0.347 e. The molecule has 5 atom stereocenters. The third-order valence-electron chi connectivity index (χ3n) is 6.92. The molecule has 0 radical (unpaired) electrons. The second-order valence-electron chi connectivity index (χ2n) is 9.29. The van der Waals surface area contributed by atoms with Gasteiger partial charge in [0, 0.05) is 12.5 Å². The molecule has 4 aliphatic rings. The Morgan fingerprint density at radius 1 is 1.16 bits per heavy atom. The van der Waals surface area contributed by atoms with Gasteiger partial charge >= 0.3 is 0 Å². The summed E-state index contributed by atoms with van der Waals surface area (Å²) in [6.07, 6.45) is 11.9. The van der Waals surface area contributed by atoms with Crippen LogP contribution in [-0.4, -0.2) is 62.7 Å². The van der Waals surface area contributed by atoms with Crippen LogP contribution >= 0.6 is 0 Å². The van der Waals surface area contributed by atoms with Crippen molar-refractivity contribution in [2.45, 2.75) is 87.1 Å². The maximum atomic E-state index is 13.2. The van der Waals surface area contributed by atoms with Crippen molar-refractivity contribution in [2.24, 2.45) is 5.92 Å². The lowest BCUT2D eigenvalue weighted by atomic mass is 10.1. The van der Waals surface area contributed by atoms with E-state index >= 15 is 0 Å². The van der Waals surface area contributed by atoms with Crippen LogP contribution in [0.1, 0.15) is 64.2 Å². The van der Waals surface area contributed by atoms with Crippen LogP contribution < -0.4 is 15.4 Å². The van der Waals surface area contributed by atoms with Gasteiger partial charge in [0.1, 0.15) is 28.6 Å². The second-order valence-corrected chi connectivity index (χ2v) is 10.8. The van der Waals surface area contributed by atoms with E-state index in [9.17, 15) is 23.4 Å². The molecular weight excluding hydrogens is 432 g/mol. The highest BCUT2D eigenvalue weighted by molar-refractivity contribution is 7.84. The van der Waals surface area contributed by atoms with Gasteiger partial charge in [-0.25, -0.2) is 4.21 Å². The SMILES string of the molecule is O=CN[C@H]1CCCCC/C=C\[C@@H]2C[C@@]2(C(=O)NS(=O)C2CC2)NC(=O)[C@@H]2CCCN2C1=O. The van der Waals surface area contributed by atoms with E-state index in [1.807, 2.05) is 12.2 Å². The lowest BCUT2D eigenvalue weighted by Gasteiger charge is -2.29. The quantitative estimate of drug-likeness (QED) is 0.402. The van der Waals surface area contributed by atoms with Crippen LogP contribution in [0.3, 0.4) is 0 Å². The molecule has 32 heavy (non-hydrogen) atoms. The van der Waals surface area contributed by atoms with Crippen LogP contribution in [0.25, 0.3) is 0 Å². The molecule has 4 amide bonds. The Kier molecular flexibility index (Phi) is 6.97. The van der Waals surface area contributed by atoms with E-state index in [0.717, 1.165) is 38.5 Å². The fourth-order valence-electron chi connectivity index (χ4n) is 4.74. The molecule has 176 valence electrons. The Morgan fingerprint density at radius 3 is 2.72 bits per heavy atom. The molecule has 0 bridgehead atoms. The van der Waals surface area contributed by atoms with E-state index in [0.29, 0.717) is 38.6 Å². The Morgan fingerprint density at radius 2 is 1.97 bits per heavy atom. The summed E-state index contributed by atoms with van der Waals surface area (Å²) in [5.41, 5.74) is -1.12. The molecule has 0 aromatic heterocycles. The van der Waals surface area contributed by atoms with Crippen molar-refractivity contribution in [3.63, 3.8) is 0 Å². The van der Waals surface area contributed by atoms with Gasteiger partial charge in [0.25, 0.3) is 5.91 Å². The molecule has 10 heteroatoms. The molecule has 2 saturated carbocycles. The smallest absolute Gasteiger partial charge is 0.258 e. The van der Waals surface area contributed by atoms with E-state index < -0.39 is 34.5 Å². The van der Waals surface area contributed by atoms with Gasteiger partial charge in [0.15, 0.2) is 0 Å². The molecule has 9 nitrogen and oxygen atoms in total. The molecule has 4 rings (SSSR count). The van der Waals surface area contributed by atoms with Crippen molar-refractivity contribution in [1.29, 1.82) is 0 Å². The second kappa shape index (κ2) is 9.72. The Bertz CT molecular complexity index is 829. The number of nitrogens with zero attached hydrogens (tertiary/aromatic N) is 1. The van der Waals surface area contributed by atoms with E-state index in [1.54, 1.807) is 0 Å². The number of carbonyl (C=O) groups is 4. The highest BCUT2D eigenvalue weighted by Crippen LogP contribution is 2.45. The minimum Gasteiger partial charge on any atom is -0.347 e. The first-order valence-electron chi connectivity index (χ1n) is 11.7. The first-order valence-corrected chi connectivity index (χ1v) is 12.9. The fraction of sp³-hybridized carbons (Fsp3) is 0.727. The molecule has 0 aromatic rings. The fourth-order valence-corrected chi connectivity index (χ4v) is 5.84. The van der Waals surface area contributed by atoms with E-state index in [1.165, 1.54) is 4.90 Å². The van der Waals surface area contributed by atoms with Crippen LogP contribution in [-0.2, 0) is 30.2 Å². The number of allylic oxidation sites excluding steroid dienone is 1. The normalized spacial score (nSPS) is 35.2. The van der Waals surface area contributed by atoms with Crippen LogP contribution in [0.2, 0.25) is 0 Å². The summed E-state index contributed by atoms with van der Waals surface area (Å²) in [7, 11) is -1.43. The van der Waals surface area contributed by atoms with Gasteiger partial charge in [-0.3, -0.25) is 23.9 Å². The van der Waals surface area contributed by atoms with Gasteiger partial charge in [-0.05, 0) is 51.4 Å². The van der Waals surface area contributed by atoms with Gasteiger partial charge in [-0.2, -0.15) is 0 Å².